The highest BCUT2D eigenvalue weighted by atomic mass is 35.5. The third-order valence-corrected chi connectivity index (χ3v) is 3.64. The molecule has 5 nitrogen and oxygen atoms in total. The SMILES string of the molecule is Cc1cccc(Nc2ccc(NC(=O)c3ccccc3Cl)nn2)c1. The largest absolute Gasteiger partial charge is 0.339 e. The number of hydrogen-bond acceptors (Lipinski definition) is 4. The Kier molecular flexibility index (Phi) is 4.72. The molecule has 24 heavy (non-hydrogen) atoms. The first-order valence-electron chi connectivity index (χ1n) is 7.35. The zero-order chi connectivity index (χ0) is 16.9. The fraction of sp³-hybridized carbons (Fsp3) is 0.0556. The van der Waals surface area contributed by atoms with Crippen molar-refractivity contribution in [2.75, 3.05) is 10.6 Å². The molecular formula is C18H15ClN4O. The summed E-state index contributed by atoms with van der Waals surface area (Å²) in [6.45, 7) is 2.02. The lowest BCUT2D eigenvalue weighted by Crippen LogP contribution is -2.14. The van der Waals surface area contributed by atoms with E-state index in [1.54, 1.807) is 36.4 Å². The van der Waals surface area contributed by atoms with E-state index in [2.05, 4.69) is 20.8 Å². The number of anilines is 3. The Morgan fingerprint density at radius 2 is 1.71 bits per heavy atom. The molecule has 0 unspecified atom stereocenters. The molecule has 0 saturated heterocycles. The standard InChI is InChI=1S/C18H15ClN4O/c1-12-5-4-6-13(11-12)20-16-9-10-17(23-22-16)21-18(24)14-7-2-3-8-15(14)19/h2-11H,1H3,(H,20,22)(H,21,23,24). The lowest BCUT2D eigenvalue weighted by atomic mass is 10.2. The van der Waals surface area contributed by atoms with Crippen LogP contribution in [0.25, 0.3) is 0 Å². The fourth-order valence-electron chi connectivity index (χ4n) is 2.17. The molecule has 0 saturated carbocycles. The quantitative estimate of drug-likeness (QED) is 0.738. The van der Waals surface area contributed by atoms with Crippen LogP contribution < -0.4 is 10.6 Å². The minimum atomic E-state index is -0.325. The van der Waals surface area contributed by atoms with Gasteiger partial charge in [-0.25, -0.2) is 0 Å². The van der Waals surface area contributed by atoms with Gasteiger partial charge in [-0.3, -0.25) is 4.79 Å². The molecule has 6 heteroatoms. The number of nitrogens with zero attached hydrogens (tertiary/aromatic N) is 2. The van der Waals surface area contributed by atoms with Gasteiger partial charge in [0.25, 0.3) is 5.91 Å². The van der Waals surface area contributed by atoms with Crippen LogP contribution in [-0.2, 0) is 0 Å². The first-order valence-corrected chi connectivity index (χ1v) is 7.73. The van der Waals surface area contributed by atoms with Crippen LogP contribution in [0.4, 0.5) is 17.3 Å². The van der Waals surface area contributed by atoms with E-state index >= 15 is 0 Å². The number of amides is 1. The van der Waals surface area contributed by atoms with Gasteiger partial charge in [-0.2, -0.15) is 0 Å². The summed E-state index contributed by atoms with van der Waals surface area (Å²) in [5.41, 5.74) is 2.47. The molecule has 1 aromatic heterocycles. The maximum Gasteiger partial charge on any atom is 0.258 e. The fourth-order valence-corrected chi connectivity index (χ4v) is 2.39. The van der Waals surface area contributed by atoms with Gasteiger partial charge in [0.15, 0.2) is 11.6 Å². The van der Waals surface area contributed by atoms with Crippen LogP contribution in [0.15, 0.2) is 60.7 Å². The second kappa shape index (κ2) is 7.10. The number of benzene rings is 2. The molecule has 3 rings (SSSR count). The van der Waals surface area contributed by atoms with E-state index in [0.717, 1.165) is 11.3 Å². The van der Waals surface area contributed by atoms with Crippen molar-refractivity contribution in [1.82, 2.24) is 10.2 Å². The minimum Gasteiger partial charge on any atom is -0.339 e. The highest BCUT2D eigenvalue weighted by Crippen LogP contribution is 2.18. The van der Waals surface area contributed by atoms with E-state index in [-0.39, 0.29) is 5.91 Å². The van der Waals surface area contributed by atoms with Crippen molar-refractivity contribution in [1.29, 1.82) is 0 Å². The lowest BCUT2D eigenvalue weighted by molar-refractivity contribution is 0.102. The Hall–Kier alpha value is -2.92. The van der Waals surface area contributed by atoms with Gasteiger partial charge in [-0.1, -0.05) is 35.9 Å². The normalized spacial score (nSPS) is 10.2. The van der Waals surface area contributed by atoms with Crippen molar-refractivity contribution in [3.8, 4) is 0 Å². The molecule has 0 spiro atoms. The average Bonchev–Trinajstić information content (AvgIpc) is 2.57. The minimum absolute atomic E-state index is 0.325. The molecule has 0 radical (unpaired) electrons. The van der Waals surface area contributed by atoms with Gasteiger partial charge in [0.2, 0.25) is 0 Å². The molecule has 3 aromatic rings. The van der Waals surface area contributed by atoms with E-state index in [0.29, 0.717) is 22.2 Å². The molecule has 2 N–H and O–H groups in total. The molecule has 0 atom stereocenters. The van der Waals surface area contributed by atoms with E-state index in [9.17, 15) is 4.79 Å². The van der Waals surface area contributed by atoms with E-state index in [1.807, 2.05) is 31.2 Å². The van der Waals surface area contributed by atoms with Crippen LogP contribution in [0.5, 0.6) is 0 Å². The van der Waals surface area contributed by atoms with Crippen molar-refractivity contribution in [2.24, 2.45) is 0 Å². The summed E-state index contributed by atoms with van der Waals surface area (Å²) in [7, 11) is 0. The van der Waals surface area contributed by atoms with E-state index < -0.39 is 0 Å². The molecular weight excluding hydrogens is 324 g/mol. The number of hydrogen-bond donors (Lipinski definition) is 2. The maximum atomic E-state index is 12.2. The van der Waals surface area contributed by atoms with Crippen molar-refractivity contribution < 1.29 is 4.79 Å². The molecule has 1 heterocycles. The van der Waals surface area contributed by atoms with Crippen LogP contribution in [0.2, 0.25) is 5.02 Å². The number of halogens is 1. The molecule has 0 aliphatic rings. The molecule has 1 amide bonds. The number of nitrogens with one attached hydrogen (secondary N) is 2. The van der Waals surface area contributed by atoms with Crippen LogP contribution in [0.1, 0.15) is 15.9 Å². The average molecular weight is 339 g/mol. The topological polar surface area (TPSA) is 66.9 Å². The van der Waals surface area contributed by atoms with Gasteiger partial charge >= 0.3 is 0 Å². The summed E-state index contributed by atoms with van der Waals surface area (Å²) >= 11 is 6.01. The predicted octanol–water partition coefficient (Wildman–Crippen LogP) is 4.43. The van der Waals surface area contributed by atoms with Gasteiger partial charge in [-0.05, 0) is 48.9 Å². The first-order chi connectivity index (χ1) is 11.6. The molecule has 0 aliphatic heterocycles. The summed E-state index contributed by atoms with van der Waals surface area (Å²) in [5, 5.41) is 14.3. The van der Waals surface area contributed by atoms with Crippen LogP contribution in [-0.4, -0.2) is 16.1 Å². The third-order valence-electron chi connectivity index (χ3n) is 3.32. The lowest BCUT2D eigenvalue weighted by Gasteiger charge is -2.08. The van der Waals surface area contributed by atoms with Crippen LogP contribution >= 0.6 is 11.6 Å². The number of carbonyl (C=O) groups is 1. The smallest absolute Gasteiger partial charge is 0.258 e. The molecule has 0 fully saturated rings. The summed E-state index contributed by atoms with van der Waals surface area (Å²) in [5.74, 6) is 0.625. The second-order valence-corrected chi connectivity index (χ2v) is 5.64. The Balaban J connectivity index is 1.68. The number of rotatable bonds is 4. The van der Waals surface area contributed by atoms with Gasteiger partial charge < -0.3 is 10.6 Å². The monoisotopic (exact) mass is 338 g/mol. The van der Waals surface area contributed by atoms with Crippen molar-refractivity contribution >= 4 is 34.8 Å². The van der Waals surface area contributed by atoms with Crippen molar-refractivity contribution in [2.45, 2.75) is 6.92 Å². The number of aromatic nitrogens is 2. The third kappa shape index (κ3) is 3.88. The zero-order valence-electron chi connectivity index (χ0n) is 13.0. The highest BCUT2D eigenvalue weighted by Gasteiger charge is 2.10. The van der Waals surface area contributed by atoms with Gasteiger partial charge in [0.1, 0.15) is 0 Å². The van der Waals surface area contributed by atoms with Gasteiger partial charge in [0, 0.05) is 5.69 Å². The molecule has 0 bridgehead atoms. The Labute approximate surface area is 144 Å². The molecule has 2 aromatic carbocycles. The summed E-state index contributed by atoms with van der Waals surface area (Å²) in [6, 6.07) is 18.2. The molecule has 0 aliphatic carbocycles. The van der Waals surface area contributed by atoms with E-state index in [1.165, 1.54) is 0 Å². The maximum absolute atomic E-state index is 12.2. The summed E-state index contributed by atoms with van der Waals surface area (Å²) < 4.78 is 0. The Bertz CT molecular complexity index is 865. The molecule has 120 valence electrons. The predicted molar refractivity (Wildman–Crippen MR) is 95.9 cm³/mol. The summed E-state index contributed by atoms with van der Waals surface area (Å²) in [4.78, 5) is 12.2. The van der Waals surface area contributed by atoms with Crippen LogP contribution in [0.3, 0.4) is 0 Å². The summed E-state index contributed by atoms with van der Waals surface area (Å²) in [6.07, 6.45) is 0. The number of aryl methyl sites for hydroxylation is 1. The van der Waals surface area contributed by atoms with Gasteiger partial charge in [-0.15, -0.1) is 10.2 Å². The van der Waals surface area contributed by atoms with E-state index in [4.69, 9.17) is 11.6 Å². The zero-order valence-corrected chi connectivity index (χ0v) is 13.7. The van der Waals surface area contributed by atoms with Crippen molar-refractivity contribution in [3.63, 3.8) is 0 Å². The second-order valence-electron chi connectivity index (χ2n) is 5.23. The Morgan fingerprint density at radius 3 is 2.42 bits per heavy atom. The highest BCUT2D eigenvalue weighted by molar-refractivity contribution is 6.34. The van der Waals surface area contributed by atoms with Crippen LogP contribution in [0, 0.1) is 6.92 Å². The van der Waals surface area contributed by atoms with Gasteiger partial charge in [0.05, 0.1) is 10.6 Å². The van der Waals surface area contributed by atoms with Crippen molar-refractivity contribution in [3.05, 3.63) is 76.8 Å². The number of carbonyl (C=O) groups excluding carboxylic acids is 1. The Morgan fingerprint density at radius 1 is 0.958 bits per heavy atom. The first kappa shape index (κ1) is 16.0.